The molecule has 0 bridgehead atoms. The van der Waals surface area contributed by atoms with Crippen LogP contribution < -0.4 is 5.73 Å². The van der Waals surface area contributed by atoms with Gasteiger partial charge in [-0.25, -0.2) is 0 Å². The molecule has 2 nitrogen and oxygen atoms in total. The third kappa shape index (κ3) is 2.54. The highest BCUT2D eigenvalue weighted by Gasteiger charge is 2.36. The lowest BCUT2D eigenvalue weighted by atomic mass is 9.82. The number of rotatable bonds is 3. The van der Waals surface area contributed by atoms with Gasteiger partial charge >= 0.3 is 0 Å². The Kier molecular flexibility index (Phi) is 3.36. The van der Waals surface area contributed by atoms with Crippen molar-refractivity contribution < 1.29 is 0 Å². The van der Waals surface area contributed by atoms with Gasteiger partial charge in [-0.2, -0.15) is 0 Å². The second-order valence-corrected chi connectivity index (χ2v) is 5.89. The minimum atomic E-state index is 0.410. The zero-order valence-corrected chi connectivity index (χ0v) is 10.4. The van der Waals surface area contributed by atoms with Crippen LogP contribution in [-0.2, 0) is 0 Å². The van der Waals surface area contributed by atoms with Crippen LogP contribution in [0.25, 0.3) is 0 Å². The zero-order valence-electron chi connectivity index (χ0n) is 10.4. The Labute approximate surface area is 94.2 Å². The first kappa shape index (κ1) is 11.4. The molecule has 0 amide bonds. The van der Waals surface area contributed by atoms with Gasteiger partial charge in [0.25, 0.3) is 0 Å². The molecule has 4 unspecified atom stereocenters. The van der Waals surface area contributed by atoms with E-state index in [4.69, 9.17) is 5.73 Å². The van der Waals surface area contributed by atoms with E-state index in [0.29, 0.717) is 12.1 Å². The van der Waals surface area contributed by atoms with Gasteiger partial charge in [0.15, 0.2) is 0 Å². The minimum Gasteiger partial charge on any atom is -0.326 e. The van der Waals surface area contributed by atoms with Crippen molar-refractivity contribution in [3.63, 3.8) is 0 Å². The Morgan fingerprint density at radius 1 is 1.20 bits per heavy atom. The minimum absolute atomic E-state index is 0.410. The quantitative estimate of drug-likeness (QED) is 0.774. The number of likely N-dealkylation sites (N-methyl/N-ethyl adjacent to an activating group) is 1. The number of hydrogen-bond acceptors (Lipinski definition) is 2. The van der Waals surface area contributed by atoms with Crippen molar-refractivity contribution in [1.82, 2.24) is 4.90 Å². The van der Waals surface area contributed by atoms with Crippen molar-refractivity contribution in [2.45, 2.75) is 64.1 Å². The molecule has 2 heteroatoms. The smallest absolute Gasteiger partial charge is 0.0249 e. The van der Waals surface area contributed by atoms with Crippen molar-refractivity contribution in [3.8, 4) is 0 Å². The summed E-state index contributed by atoms with van der Waals surface area (Å²) in [6.07, 6.45) is 6.71. The van der Waals surface area contributed by atoms with Gasteiger partial charge in [0.05, 0.1) is 0 Å². The van der Waals surface area contributed by atoms with E-state index in [1.807, 2.05) is 0 Å². The SMILES string of the molecule is CC1CCC(N)C(N(C)C(C)C2CC2)C1. The van der Waals surface area contributed by atoms with Crippen molar-refractivity contribution in [2.24, 2.45) is 17.6 Å². The molecule has 0 aliphatic heterocycles. The van der Waals surface area contributed by atoms with E-state index >= 15 is 0 Å². The molecule has 2 rings (SSSR count). The lowest BCUT2D eigenvalue weighted by molar-refractivity contribution is 0.0985. The van der Waals surface area contributed by atoms with Gasteiger partial charge in [0, 0.05) is 18.1 Å². The molecular formula is C13H26N2. The molecule has 4 atom stereocenters. The average Bonchev–Trinajstić information content (AvgIpc) is 3.03. The topological polar surface area (TPSA) is 29.3 Å². The Hall–Kier alpha value is -0.0800. The van der Waals surface area contributed by atoms with Crippen LogP contribution in [0.2, 0.25) is 0 Å². The summed E-state index contributed by atoms with van der Waals surface area (Å²) in [5.41, 5.74) is 6.26. The van der Waals surface area contributed by atoms with Gasteiger partial charge in [-0.15, -0.1) is 0 Å². The predicted molar refractivity (Wildman–Crippen MR) is 64.7 cm³/mol. The van der Waals surface area contributed by atoms with Gasteiger partial charge in [-0.05, 0) is 57.9 Å². The fraction of sp³-hybridized carbons (Fsp3) is 1.00. The molecule has 88 valence electrons. The van der Waals surface area contributed by atoms with E-state index < -0.39 is 0 Å². The first-order chi connectivity index (χ1) is 7.09. The fourth-order valence-electron chi connectivity index (χ4n) is 3.06. The monoisotopic (exact) mass is 210 g/mol. The molecule has 15 heavy (non-hydrogen) atoms. The summed E-state index contributed by atoms with van der Waals surface area (Å²) >= 11 is 0. The molecule has 2 saturated carbocycles. The summed E-state index contributed by atoms with van der Waals surface area (Å²) in [7, 11) is 2.28. The van der Waals surface area contributed by atoms with E-state index in [2.05, 4.69) is 25.8 Å². The van der Waals surface area contributed by atoms with E-state index in [1.54, 1.807) is 0 Å². The summed E-state index contributed by atoms with van der Waals surface area (Å²) in [6.45, 7) is 4.75. The van der Waals surface area contributed by atoms with Crippen LogP contribution in [0.5, 0.6) is 0 Å². The molecule has 0 heterocycles. The van der Waals surface area contributed by atoms with E-state index in [-0.39, 0.29) is 0 Å². The maximum Gasteiger partial charge on any atom is 0.0249 e. The second kappa shape index (κ2) is 4.42. The maximum atomic E-state index is 6.26. The molecule has 0 saturated heterocycles. The molecular weight excluding hydrogens is 184 g/mol. The van der Waals surface area contributed by atoms with Gasteiger partial charge < -0.3 is 5.73 Å². The van der Waals surface area contributed by atoms with Gasteiger partial charge in [0.1, 0.15) is 0 Å². The third-order valence-corrected chi connectivity index (χ3v) is 4.60. The Balaban J connectivity index is 1.94. The van der Waals surface area contributed by atoms with Crippen LogP contribution in [0.4, 0.5) is 0 Å². The lowest BCUT2D eigenvalue weighted by Gasteiger charge is -2.41. The van der Waals surface area contributed by atoms with E-state index in [1.165, 1.54) is 32.1 Å². The molecule has 2 fully saturated rings. The Morgan fingerprint density at radius 3 is 2.47 bits per heavy atom. The molecule has 2 aliphatic rings. The van der Waals surface area contributed by atoms with Gasteiger partial charge in [0.2, 0.25) is 0 Å². The Morgan fingerprint density at radius 2 is 1.87 bits per heavy atom. The molecule has 0 radical (unpaired) electrons. The molecule has 0 spiro atoms. The number of nitrogens with two attached hydrogens (primary N) is 1. The first-order valence-electron chi connectivity index (χ1n) is 6.57. The Bertz CT molecular complexity index is 213. The van der Waals surface area contributed by atoms with Gasteiger partial charge in [-0.1, -0.05) is 6.92 Å². The highest BCUT2D eigenvalue weighted by molar-refractivity contribution is 4.92. The summed E-state index contributed by atoms with van der Waals surface area (Å²) in [5, 5.41) is 0. The lowest BCUT2D eigenvalue weighted by Crippen LogP contribution is -2.52. The van der Waals surface area contributed by atoms with Crippen molar-refractivity contribution >= 4 is 0 Å². The number of nitrogens with zero attached hydrogens (tertiary/aromatic N) is 1. The van der Waals surface area contributed by atoms with Crippen LogP contribution in [0.3, 0.4) is 0 Å². The number of hydrogen-bond donors (Lipinski definition) is 1. The summed E-state index contributed by atoms with van der Waals surface area (Å²) in [4.78, 5) is 2.57. The normalized spacial score (nSPS) is 39.4. The van der Waals surface area contributed by atoms with Crippen molar-refractivity contribution in [3.05, 3.63) is 0 Å². The van der Waals surface area contributed by atoms with Crippen LogP contribution in [0, 0.1) is 11.8 Å². The highest BCUT2D eigenvalue weighted by atomic mass is 15.2. The van der Waals surface area contributed by atoms with Crippen LogP contribution >= 0.6 is 0 Å². The average molecular weight is 210 g/mol. The van der Waals surface area contributed by atoms with Crippen LogP contribution in [-0.4, -0.2) is 30.1 Å². The van der Waals surface area contributed by atoms with Gasteiger partial charge in [-0.3, -0.25) is 4.90 Å². The molecule has 0 aromatic carbocycles. The summed E-state index contributed by atoms with van der Waals surface area (Å²) < 4.78 is 0. The molecule has 2 aliphatic carbocycles. The summed E-state index contributed by atoms with van der Waals surface area (Å²) in [6, 6.07) is 1.78. The fourth-order valence-corrected chi connectivity index (χ4v) is 3.06. The first-order valence-corrected chi connectivity index (χ1v) is 6.57. The largest absolute Gasteiger partial charge is 0.326 e. The summed E-state index contributed by atoms with van der Waals surface area (Å²) in [5.74, 6) is 1.82. The molecule has 0 aromatic rings. The highest BCUT2D eigenvalue weighted by Crippen LogP contribution is 2.37. The third-order valence-electron chi connectivity index (χ3n) is 4.60. The molecule has 2 N–H and O–H groups in total. The second-order valence-electron chi connectivity index (χ2n) is 5.89. The van der Waals surface area contributed by atoms with E-state index in [0.717, 1.165) is 17.9 Å². The zero-order chi connectivity index (χ0) is 11.0. The van der Waals surface area contributed by atoms with Crippen molar-refractivity contribution in [2.75, 3.05) is 7.05 Å². The van der Waals surface area contributed by atoms with E-state index in [9.17, 15) is 0 Å². The molecule has 0 aromatic heterocycles. The van der Waals surface area contributed by atoms with Crippen molar-refractivity contribution in [1.29, 1.82) is 0 Å². The standard InChI is InChI=1S/C13H26N2/c1-9-4-7-12(14)13(8-9)15(3)10(2)11-5-6-11/h9-13H,4-8,14H2,1-3H3. The van der Waals surface area contributed by atoms with Crippen LogP contribution in [0.15, 0.2) is 0 Å². The predicted octanol–water partition coefficient (Wildman–Crippen LogP) is 2.23. The maximum absolute atomic E-state index is 6.26. The van der Waals surface area contributed by atoms with Crippen LogP contribution in [0.1, 0.15) is 46.0 Å².